The van der Waals surface area contributed by atoms with Crippen molar-refractivity contribution in [1.29, 1.82) is 0 Å². The molecule has 2 aliphatic rings. The summed E-state index contributed by atoms with van der Waals surface area (Å²) >= 11 is 0. The monoisotopic (exact) mass is 336 g/mol. The van der Waals surface area contributed by atoms with Crippen LogP contribution in [-0.2, 0) is 4.79 Å². The van der Waals surface area contributed by atoms with Gasteiger partial charge in [-0.3, -0.25) is 9.59 Å². The molecule has 0 bridgehead atoms. The van der Waals surface area contributed by atoms with Gasteiger partial charge in [0, 0.05) is 37.7 Å². The summed E-state index contributed by atoms with van der Waals surface area (Å²) in [7, 11) is 0. The molecule has 2 aliphatic heterocycles. The average molecular weight is 336 g/mol. The molecule has 0 radical (unpaired) electrons. The quantitative estimate of drug-likeness (QED) is 0.844. The van der Waals surface area contributed by atoms with Crippen LogP contribution in [0.5, 0.6) is 0 Å². The van der Waals surface area contributed by atoms with Gasteiger partial charge in [0.1, 0.15) is 0 Å². The lowest BCUT2D eigenvalue weighted by Crippen LogP contribution is -2.43. The fourth-order valence-corrected chi connectivity index (χ4v) is 4.11. The van der Waals surface area contributed by atoms with Crippen molar-refractivity contribution in [2.24, 2.45) is 5.92 Å². The fraction of sp³-hybridized carbons (Fsp3) is 0.429. The molecule has 2 aromatic rings. The van der Waals surface area contributed by atoms with E-state index in [1.54, 1.807) is 0 Å². The van der Waals surface area contributed by atoms with Crippen molar-refractivity contribution in [2.75, 3.05) is 26.2 Å². The maximum Gasteiger partial charge on any atom is 0.254 e. The first-order chi connectivity index (χ1) is 12.2. The Kier molecular flexibility index (Phi) is 4.43. The molecule has 4 nitrogen and oxygen atoms in total. The van der Waals surface area contributed by atoms with Crippen LogP contribution in [-0.4, -0.2) is 47.8 Å². The van der Waals surface area contributed by atoms with Crippen molar-refractivity contribution in [3.63, 3.8) is 0 Å². The van der Waals surface area contributed by atoms with Gasteiger partial charge < -0.3 is 9.80 Å². The third kappa shape index (κ3) is 3.13. The second kappa shape index (κ2) is 6.87. The Hall–Kier alpha value is -2.36. The molecule has 0 saturated carbocycles. The van der Waals surface area contributed by atoms with E-state index >= 15 is 0 Å². The second-order valence-corrected chi connectivity index (χ2v) is 7.13. The molecule has 2 aromatic carbocycles. The van der Waals surface area contributed by atoms with Crippen LogP contribution in [0.4, 0.5) is 0 Å². The fourth-order valence-electron chi connectivity index (χ4n) is 4.11. The summed E-state index contributed by atoms with van der Waals surface area (Å²) in [6.07, 6.45) is 3.83. The highest BCUT2D eigenvalue weighted by atomic mass is 16.2. The summed E-state index contributed by atoms with van der Waals surface area (Å²) in [5.41, 5.74) is 0.766. The van der Waals surface area contributed by atoms with Gasteiger partial charge in [0.25, 0.3) is 5.91 Å². The van der Waals surface area contributed by atoms with Crippen LogP contribution in [0.15, 0.2) is 42.5 Å². The first kappa shape index (κ1) is 16.1. The zero-order chi connectivity index (χ0) is 17.2. The molecule has 4 heteroatoms. The van der Waals surface area contributed by atoms with Crippen LogP contribution in [0.3, 0.4) is 0 Å². The number of nitrogens with zero attached hydrogens (tertiary/aromatic N) is 2. The van der Waals surface area contributed by atoms with Crippen molar-refractivity contribution in [3.8, 4) is 0 Å². The van der Waals surface area contributed by atoms with Gasteiger partial charge >= 0.3 is 0 Å². The maximum absolute atomic E-state index is 13.0. The summed E-state index contributed by atoms with van der Waals surface area (Å²) in [5, 5.41) is 2.10. The lowest BCUT2D eigenvalue weighted by atomic mass is 9.94. The highest BCUT2D eigenvalue weighted by molar-refractivity contribution is 6.07. The Morgan fingerprint density at radius 2 is 1.48 bits per heavy atom. The number of piperidine rings is 1. The van der Waals surface area contributed by atoms with Gasteiger partial charge in [-0.1, -0.05) is 36.4 Å². The Balaban J connectivity index is 1.45. The number of likely N-dealkylation sites (tertiary alicyclic amines) is 2. The minimum Gasteiger partial charge on any atom is -0.342 e. The largest absolute Gasteiger partial charge is 0.342 e. The normalized spacial score (nSPS) is 18.7. The van der Waals surface area contributed by atoms with Crippen LogP contribution >= 0.6 is 0 Å². The van der Waals surface area contributed by atoms with Crippen LogP contribution in [0.1, 0.15) is 36.0 Å². The number of carbonyl (C=O) groups excluding carboxylic acids is 2. The van der Waals surface area contributed by atoms with E-state index < -0.39 is 0 Å². The number of carbonyl (C=O) groups is 2. The molecule has 0 spiro atoms. The van der Waals surface area contributed by atoms with Crippen molar-refractivity contribution in [3.05, 3.63) is 48.0 Å². The molecule has 0 aliphatic carbocycles. The molecule has 2 heterocycles. The van der Waals surface area contributed by atoms with E-state index in [2.05, 4.69) is 0 Å². The molecule has 0 atom stereocenters. The molecule has 130 valence electrons. The lowest BCUT2D eigenvalue weighted by Gasteiger charge is -2.33. The number of amides is 2. The van der Waals surface area contributed by atoms with Gasteiger partial charge in [-0.2, -0.15) is 0 Å². The summed E-state index contributed by atoms with van der Waals surface area (Å²) in [5.74, 6) is 0.480. The molecule has 25 heavy (non-hydrogen) atoms. The predicted molar refractivity (Wildman–Crippen MR) is 98.4 cm³/mol. The van der Waals surface area contributed by atoms with E-state index in [1.807, 2.05) is 52.3 Å². The van der Waals surface area contributed by atoms with Gasteiger partial charge in [0.05, 0.1) is 0 Å². The molecule has 4 rings (SSSR count). The van der Waals surface area contributed by atoms with Gasteiger partial charge in [0.2, 0.25) is 5.91 Å². The molecular weight excluding hydrogens is 312 g/mol. The third-order valence-corrected chi connectivity index (χ3v) is 5.57. The SMILES string of the molecule is O=C(c1cccc2ccccc12)N1CCC(C(=O)N2CCCC2)CC1. The standard InChI is InChI=1S/C21H24N2O2/c24-20(22-12-3-4-13-22)17-10-14-23(15-11-17)21(25)19-9-5-7-16-6-1-2-8-18(16)19/h1-2,5-9,17H,3-4,10-15H2. The Labute approximate surface area is 148 Å². The number of rotatable bonds is 2. The molecule has 0 aromatic heterocycles. The summed E-state index contributed by atoms with van der Waals surface area (Å²) in [6, 6.07) is 13.9. The number of benzene rings is 2. The van der Waals surface area contributed by atoms with E-state index in [1.165, 1.54) is 0 Å². The number of hydrogen-bond donors (Lipinski definition) is 0. The van der Waals surface area contributed by atoms with Crippen molar-refractivity contribution >= 4 is 22.6 Å². The molecular formula is C21H24N2O2. The predicted octanol–water partition coefficient (Wildman–Crippen LogP) is 3.31. The van der Waals surface area contributed by atoms with Crippen LogP contribution in [0.25, 0.3) is 10.8 Å². The molecule has 2 saturated heterocycles. The number of hydrogen-bond acceptors (Lipinski definition) is 2. The van der Waals surface area contributed by atoms with Crippen LogP contribution in [0, 0.1) is 5.92 Å². The van der Waals surface area contributed by atoms with Gasteiger partial charge in [-0.25, -0.2) is 0 Å². The summed E-state index contributed by atoms with van der Waals surface area (Å²) in [6.45, 7) is 3.17. The molecule has 2 amide bonds. The highest BCUT2D eigenvalue weighted by Gasteiger charge is 2.31. The Morgan fingerprint density at radius 1 is 0.800 bits per heavy atom. The van der Waals surface area contributed by atoms with Crippen molar-refractivity contribution in [1.82, 2.24) is 9.80 Å². The van der Waals surface area contributed by atoms with Crippen LogP contribution in [0.2, 0.25) is 0 Å². The van der Waals surface area contributed by atoms with E-state index in [0.29, 0.717) is 19.0 Å². The minimum atomic E-state index is 0.0869. The second-order valence-electron chi connectivity index (χ2n) is 7.13. The zero-order valence-corrected chi connectivity index (χ0v) is 14.5. The molecule has 0 N–H and O–H groups in total. The third-order valence-electron chi connectivity index (χ3n) is 5.57. The first-order valence-corrected chi connectivity index (χ1v) is 9.30. The Bertz CT molecular complexity index is 782. The highest BCUT2D eigenvalue weighted by Crippen LogP contribution is 2.25. The average Bonchev–Trinajstić information content (AvgIpc) is 3.21. The Morgan fingerprint density at radius 3 is 2.24 bits per heavy atom. The summed E-state index contributed by atoms with van der Waals surface area (Å²) in [4.78, 5) is 29.4. The van der Waals surface area contributed by atoms with Crippen LogP contribution < -0.4 is 0 Å². The van der Waals surface area contributed by atoms with Gasteiger partial charge in [0.15, 0.2) is 0 Å². The van der Waals surface area contributed by atoms with Crippen molar-refractivity contribution < 1.29 is 9.59 Å². The maximum atomic E-state index is 13.0. The lowest BCUT2D eigenvalue weighted by molar-refractivity contribution is -0.135. The van der Waals surface area contributed by atoms with Gasteiger partial charge in [-0.05, 0) is 42.5 Å². The van der Waals surface area contributed by atoms with E-state index in [9.17, 15) is 9.59 Å². The van der Waals surface area contributed by atoms with Gasteiger partial charge in [-0.15, -0.1) is 0 Å². The minimum absolute atomic E-state index is 0.0869. The molecule has 0 unspecified atom stereocenters. The van der Waals surface area contributed by atoms with E-state index in [4.69, 9.17) is 0 Å². The zero-order valence-electron chi connectivity index (χ0n) is 14.5. The van der Waals surface area contributed by atoms with Crippen molar-refractivity contribution in [2.45, 2.75) is 25.7 Å². The topological polar surface area (TPSA) is 40.6 Å². The smallest absolute Gasteiger partial charge is 0.254 e. The van der Waals surface area contributed by atoms with E-state index in [0.717, 1.165) is 55.1 Å². The first-order valence-electron chi connectivity index (χ1n) is 9.30. The molecule has 2 fully saturated rings. The van der Waals surface area contributed by atoms with E-state index in [-0.39, 0.29) is 11.8 Å². The summed E-state index contributed by atoms with van der Waals surface area (Å²) < 4.78 is 0. The number of fused-ring (bicyclic) bond motifs is 1.